The molecule has 2 heterocycles. The summed E-state index contributed by atoms with van der Waals surface area (Å²) >= 11 is 12.2. The molecule has 6 heteroatoms. The van der Waals surface area contributed by atoms with E-state index < -0.39 is 0 Å². The van der Waals surface area contributed by atoms with E-state index in [9.17, 15) is 0 Å². The quantitative estimate of drug-likeness (QED) is 0.392. The van der Waals surface area contributed by atoms with E-state index in [4.69, 9.17) is 23.2 Å². The van der Waals surface area contributed by atoms with Crippen LogP contribution in [-0.2, 0) is 0 Å². The summed E-state index contributed by atoms with van der Waals surface area (Å²) in [6.45, 7) is 0. The van der Waals surface area contributed by atoms with Crippen LogP contribution in [0.15, 0.2) is 60.9 Å². The second kappa shape index (κ2) is 7.69. The summed E-state index contributed by atoms with van der Waals surface area (Å²) in [5, 5.41) is 11.0. The molecule has 4 nitrogen and oxygen atoms in total. The van der Waals surface area contributed by atoms with E-state index in [0.29, 0.717) is 22.1 Å². The Hall–Kier alpha value is -2.56. The molecule has 146 valence electrons. The molecular formula is C23H20Cl2N4. The molecule has 2 aromatic carbocycles. The molecule has 0 aliphatic heterocycles. The van der Waals surface area contributed by atoms with Gasteiger partial charge >= 0.3 is 0 Å². The summed E-state index contributed by atoms with van der Waals surface area (Å²) in [6.07, 6.45) is 6.95. The fraction of sp³-hybridized carbons (Fsp3) is 0.217. The molecule has 2 atom stereocenters. The van der Waals surface area contributed by atoms with E-state index in [1.165, 1.54) is 0 Å². The number of fused-ring (bicyclic) bond motifs is 2. The summed E-state index contributed by atoms with van der Waals surface area (Å²) in [5.74, 6) is 0. The van der Waals surface area contributed by atoms with Crippen LogP contribution in [0.3, 0.4) is 0 Å². The smallest absolute Gasteiger partial charge is 0.0737 e. The highest BCUT2D eigenvalue weighted by molar-refractivity contribution is 6.31. The van der Waals surface area contributed by atoms with Crippen molar-refractivity contribution in [2.75, 3.05) is 10.6 Å². The van der Waals surface area contributed by atoms with E-state index in [1.807, 2.05) is 60.9 Å². The lowest BCUT2D eigenvalue weighted by Crippen LogP contribution is -2.21. The van der Waals surface area contributed by atoms with Crippen molar-refractivity contribution in [2.24, 2.45) is 0 Å². The second-order valence-corrected chi connectivity index (χ2v) is 8.41. The van der Waals surface area contributed by atoms with Crippen molar-refractivity contribution in [3.8, 4) is 0 Å². The van der Waals surface area contributed by atoms with Crippen LogP contribution in [0.1, 0.15) is 19.3 Å². The summed E-state index contributed by atoms with van der Waals surface area (Å²) < 4.78 is 0. The molecule has 2 N–H and O–H groups in total. The number of halogens is 2. The summed E-state index contributed by atoms with van der Waals surface area (Å²) in [4.78, 5) is 8.86. The molecule has 2 aromatic heterocycles. The van der Waals surface area contributed by atoms with Gasteiger partial charge in [-0.2, -0.15) is 0 Å². The van der Waals surface area contributed by atoms with Crippen LogP contribution in [-0.4, -0.2) is 22.1 Å². The first-order valence-electron chi connectivity index (χ1n) is 9.77. The number of nitrogens with zero attached hydrogens (tertiary/aromatic N) is 2. The van der Waals surface area contributed by atoms with E-state index in [1.54, 1.807) is 0 Å². The molecular weight excluding hydrogens is 403 g/mol. The van der Waals surface area contributed by atoms with Gasteiger partial charge in [-0.1, -0.05) is 23.2 Å². The Morgan fingerprint density at radius 2 is 1.17 bits per heavy atom. The molecule has 4 aromatic rings. The molecule has 1 fully saturated rings. The number of rotatable bonds is 4. The number of aromatic nitrogens is 2. The van der Waals surface area contributed by atoms with Gasteiger partial charge in [-0.15, -0.1) is 0 Å². The fourth-order valence-corrected chi connectivity index (χ4v) is 4.51. The lowest BCUT2D eigenvalue weighted by atomic mass is 10.1. The van der Waals surface area contributed by atoms with Crippen LogP contribution < -0.4 is 10.6 Å². The fourth-order valence-electron chi connectivity index (χ4n) is 4.18. The molecule has 1 saturated carbocycles. The van der Waals surface area contributed by atoms with Gasteiger partial charge in [0.1, 0.15) is 0 Å². The number of nitrogens with one attached hydrogen (secondary N) is 2. The molecule has 0 amide bonds. The minimum atomic E-state index is 0.413. The third-order valence-corrected chi connectivity index (χ3v) is 6.03. The van der Waals surface area contributed by atoms with Gasteiger partial charge in [0.15, 0.2) is 0 Å². The van der Waals surface area contributed by atoms with Crippen LogP contribution >= 0.6 is 23.2 Å². The van der Waals surface area contributed by atoms with E-state index >= 15 is 0 Å². The largest absolute Gasteiger partial charge is 0.382 e. The molecule has 0 unspecified atom stereocenters. The highest BCUT2D eigenvalue weighted by Gasteiger charge is 2.25. The topological polar surface area (TPSA) is 49.8 Å². The first kappa shape index (κ1) is 18.5. The number of anilines is 2. The van der Waals surface area contributed by atoms with Crippen LogP contribution in [0.25, 0.3) is 21.8 Å². The zero-order valence-corrected chi connectivity index (χ0v) is 17.2. The maximum Gasteiger partial charge on any atom is 0.0737 e. The van der Waals surface area contributed by atoms with Gasteiger partial charge in [-0.25, -0.2) is 0 Å². The minimum absolute atomic E-state index is 0.413. The number of hydrogen-bond acceptors (Lipinski definition) is 4. The number of hydrogen-bond donors (Lipinski definition) is 2. The van der Waals surface area contributed by atoms with Gasteiger partial charge in [-0.3, -0.25) is 9.97 Å². The van der Waals surface area contributed by atoms with Gasteiger partial charge in [0, 0.05) is 56.7 Å². The molecule has 29 heavy (non-hydrogen) atoms. The molecule has 1 aliphatic carbocycles. The summed E-state index contributed by atoms with van der Waals surface area (Å²) in [7, 11) is 0. The molecule has 5 rings (SSSR count). The maximum atomic E-state index is 6.11. The lowest BCUT2D eigenvalue weighted by Gasteiger charge is -2.18. The van der Waals surface area contributed by atoms with Crippen molar-refractivity contribution in [2.45, 2.75) is 31.3 Å². The second-order valence-electron chi connectivity index (χ2n) is 7.54. The lowest BCUT2D eigenvalue weighted by molar-refractivity contribution is 0.726. The first-order chi connectivity index (χ1) is 14.2. The Morgan fingerprint density at radius 3 is 1.66 bits per heavy atom. The summed E-state index contributed by atoms with van der Waals surface area (Å²) in [5.41, 5.74) is 4.05. The van der Waals surface area contributed by atoms with Gasteiger partial charge in [0.2, 0.25) is 0 Å². The Bertz CT molecular complexity index is 1100. The maximum absolute atomic E-state index is 6.11. The highest BCUT2D eigenvalue weighted by atomic mass is 35.5. The Labute approximate surface area is 179 Å². The predicted octanol–water partition coefficient (Wildman–Crippen LogP) is 6.53. The third-order valence-electron chi connectivity index (χ3n) is 5.56. The molecule has 1 aliphatic rings. The van der Waals surface area contributed by atoms with Gasteiger partial charge < -0.3 is 10.6 Å². The number of benzene rings is 2. The zero-order valence-electron chi connectivity index (χ0n) is 15.7. The van der Waals surface area contributed by atoms with Gasteiger partial charge in [-0.05, 0) is 67.8 Å². The third kappa shape index (κ3) is 3.83. The van der Waals surface area contributed by atoms with Crippen LogP contribution in [0.5, 0.6) is 0 Å². The van der Waals surface area contributed by atoms with Crippen LogP contribution in [0.4, 0.5) is 11.4 Å². The van der Waals surface area contributed by atoms with E-state index in [-0.39, 0.29) is 0 Å². The van der Waals surface area contributed by atoms with E-state index in [2.05, 4.69) is 20.6 Å². The Balaban J connectivity index is 1.31. The molecule has 0 radical (unpaired) electrons. The van der Waals surface area contributed by atoms with Crippen molar-refractivity contribution < 1.29 is 0 Å². The van der Waals surface area contributed by atoms with Gasteiger partial charge in [0.05, 0.1) is 11.0 Å². The van der Waals surface area contributed by atoms with Crippen molar-refractivity contribution in [3.63, 3.8) is 0 Å². The monoisotopic (exact) mass is 422 g/mol. The van der Waals surface area contributed by atoms with Crippen molar-refractivity contribution in [3.05, 3.63) is 71.0 Å². The SMILES string of the molecule is Clc1ccc2c(N[C@@H]3CC[C@H](Nc4ccnc5cc(Cl)ccc45)C3)ccnc2c1. The predicted molar refractivity (Wildman–Crippen MR) is 122 cm³/mol. The average Bonchev–Trinajstić information content (AvgIpc) is 3.15. The van der Waals surface area contributed by atoms with Crippen molar-refractivity contribution >= 4 is 56.4 Å². The first-order valence-corrected chi connectivity index (χ1v) is 10.5. The standard InChI is InChI=1S/C23H20Cl2N4/c24-14-1-5-18-20(7-9-26-22(18)11-14)28-16-3-4-17(13-16)29-21-8-10-27-23-12-15(25)2-6-19(21)23/h1-2,5-12,16-17H,3-4,13H2,(H,26,28)(H,27,29)/t16-,17+. The van der Waals surface area contributed by atoms with Gasteiger partial charge in [0.25, 0.3) is 0 Å². The Morgan fingerprint density at radius 1 is 0.690 bits per heavy atom. The minimum Gasteiger partial charge on any atom is -0.382 e. The number of pyridine rings is 2. The average molecular weight is 423 g/mol. The van der Waals surface area contributed by atoms with Crippen molar-refractivity contribution in [1.29, 1.82) is 0 Å². The van der Waals surface area contributed by atoms with Crippen LogP contribution in [0.2, 0.25) is 10.0 Å². The van der Waals surface area contributed by atoms with E-state index in [0.717, 1.165) is 52.4 Å². The Kier molecular flexibility index (Phi) is 4.90. The summed E-state index contributed by atoms with van der Waals surface area (Å²) in [6, 6.07) is 16.6. The molecule has 0 spiro atoms. The zero-order chi connectivity index (χ0) is 19.8. The van der Waals surface area contributed by atoms with Crippen molar-refractivity contribution in [1.82, 2.24) is 9.97 Å². The normalized spacial score (nSPS) is 19.0. The molecule has 0 saturated heterocycles. The highest BCUT2D eigenvalue weighted by Crippen LogP contribution is 2.31. The van der Waals surface area contributed by atoms with Crippen LogP contribution in [0, 0.1) is 0 Å². The molecule has 0 bridgehead atoms.